The zero-order chi connectivity index (χ0) is 20.4. The van der Waals surface area contributed by atoms with Gasteiger partial charge in [0.2, 0.25) is 0 Å². The van der Waals surface area contributed by atoms with Gasteiger partial charge in [0, 0.05) is 36.6 Å². The van der Waals surface area contributed by atoms with E-state index in [-0.39, 0.29) is 21.9 Å². The molecule has 0 aliphatic rings. The van der Waals surface area contributed by atoms with Crippen LogP contribution >= 0.6 is 10.7 Å². The number of nitrogens with zero attached hydrogens (tertiary/aromatic N) is 4. The minimum absolute atomic E-state index is 0.0397. The van der Waals surface area contributed by atoms with Crippen LogP contribution in [-0.4, -0.2) is 35.9 Å². The summed E-state index contributed by atoms with van der Waals surface area (Å²) in [5, 5.41) is 5.07. The molecule has 2 heterocycles. The minimum Gasteiger partial charge on any atom is -0.321 e. The van der Waals surface area contributed by atoms with Gasteiger partial charge >= 0.3 is 0 Å². The second kappa shape index (κ2) is 8.07. The maximum Gasteiger partial charge on any atom is 0.278 e. The van der Waals surface area contributed by atoms with Crippen LogP contribution in [-0.2, 0) is 33.2 Å². The van der Waals surface area contributed by atoms with Gasteiger partial charge in [-0.1, -0.05) is 27.7 Å². The third kappa shape index (κ3) is 5.29. The number of halogens is 1. The molecule has 0 bridgehead atoms. The number of rotatable bonds is 4. The first-order chi connectivity index (χ1) is 11.7. The lowest BCUT2D eigenvalue weighted by molar-refractivity contribution is 0.582. The molecule has 0 saturated heterocycles. The predicted molar refractivity (Wildman–Crippen MR) is 99.0 cm³/mol. The highest BCUT2D eigenvalue weighted by Gasteiger charge is 2.19. The van der Waals surface area contributed by atoms with E-state index in [2.05, 4.69) is 9.97 Å². The van der Waals surface area contributed by atoms with E-state index in [1.807, 2.05) is 27.7 Å². The summed E-state index contributed by atoms with van der Waals surface area (Å²) in [5.74, 6) is 1.78. The van der Waals surface area contributed by atoms with Crippen molar-refractivity contribution in [2.75, 3.05) is 0 Å². The van der Waals surface area contributed by atoms with Crippen molar-refractivity contribution in [1.82, 2.24) is 19.1 Å². The summed E-state index contributed by atoms with van der Waals surface area (Å²) in [5.41, 5.74) is 0. The maximum atomic E-state index is 11.0. The molecule has 12 heteroatoms. The number of hydrogen-bond donors (Lipinski definition) is 1. The van der Waals surface area contributed by atoms with Crippen LogP contribution in [0.1, 0.15) is 51.2 Å². The van der Waals surface area contributed by atoms with Crippen molar-refractivity contribution in [3.8, 4) is 0 Å². The van der Waals surface area contributed by atoms with E-state index in [0.717, 1.165) is 0 Å². The molecule has 0 saturated carbocycles. The van der Waals surface area contributed by atoms with E-state index >= 15 is 0 Å². The monoisotopic (exact) mass is 425 g/mol. The summed E-state index contributed by atoms with van der Waals surface area (Å²) in [6.45, 7) is 7.75. The molecule has 0 aromatic carbocycles. The van der Waals surface area contributed by atoms with Crippen molar-refractivity contribution < 1.29 is 16.8 Å². The number of hydrogen-bond acceptors (Lipinski definition) is 6. The van der Waals surface area contributed by atoms with Crippen LogP contribution in [0.4, 0.5) is 0 Å². The Morgan fingerprint density at radius 2 is 1.23 bits per heavy atom. The van der Waals surface area contributed by atoms with E-state index < -0.39 is 19.1 Å². The summed E-state index contributed by atoms with van der Waals surface area (Å²) >= 11 is 0. The molecule has 0 unspecified atom stereocenters. The quantitative estimate of drug-likeness (QED) is 0.741. The van der Waals surface area contributed by atoms with Gasteiger partial charge in [-0.25, -0.2) is 31.9 Å². The lowest BCUT2D eigenvalue weighted by Gasteiger charge is -2.06. The van der Waals surface area contributed by atoms with Gasteiger partial charge in [-0.15, -0.1) is 0 Å². The number of imidazole rings is 2. The molecule has 2 aromatic heterocycles. The Morgan fingerprint density at radius 1 is 0.885 bits per heavy atom. The van der Waals surface area contributed by atoms with Crippen LogP contribution < -0.4 is 5.14 Å². The fourth-order valence-corrected chi connectivity index (χ4v) is 4.08. The van der Waals surface area contributed by atoms with Crippen LogP contribution in [0.2, 0.25) is 0 Å². The average molecular weight is 426 g/mol. The van der Waals surface area contributed by atoms with Crippen LogP contribution in [0.5, 0.6) is 0 Å². The van der Waals surface area contributed by atoms with Crippen LogP contribution in [0.3, 0.4) is 0 Å². The normalized spacial score (nSPS) is 12.4. The third-order valence-corrected chi connectivity index (χ3v) is 5.85. The molecule has 0 aliphatic heterocycles. The zero-order valence-corrected chi connectivity index (χ0v) is 17.9. The van der Waals surface area contributed by atoms with Crippen LogP contribution in [0, 0.1) is 0 Å². The van der Waals surface area contributed by atoms with E-state index in [4.69, 9.17) is 15.8 Å². The Hall–Kier alpha value is -1.43. The molecule has 0 fully saturated rings. The molecule has 2 rings (SSSR count). The molecule has 0 radical (unpaired) electrons. The van der Waals surface area contributed by atoms with E-state index in [1.54, 1.807) is 14.1 Å². The van der Waals surface area contributed by atoms with E-state index in [9.17, 15) is 16.8 Å². The molecule has 0 spiro atoms. The van der Waals surface area contributed by atoms with Gasteiger partial charge < -0.3 is 9.13 Å². The number of nitrogens with two attached hydrogens (primary N) is 1. The summed E-state index contributed by atoms with van der Waals surface area (Å²) in [6, 6.07) is 0. The Morgan fingerprint density at radius 3 is 1.42 bits per heavy atom. The number of sulfonamides is 1. The van der Waals surface area contributed by atoms with Gasteiger partial charge in [-0.05, 0) is 0 Å². The second-order valence-corrected chi connectivity index (χ2v) is 10.3. The molecule has 2 aromatic rings. The van der Waals surface area contributed by atoms with Gasteiger partial charge in [0.25, 0.3) is 19.1 Å². The van der Waals surface area contributed by atoms with Crippen LogP contribution in [0.15, 0.2) is 22.4 Å². The topological polar surface area (TPSA) is 130 Å². The molecule has 9 nitrogen and oxygen atoms in total. The van der Waals surface area contributed by atoms with Gasteiger partial charge in [0.05, 0.1) is 12.4 Å². The third-order valence-electron chi connectivity index (χ3n) is 3.54. The van der Waals surface area contributed by atoms with Crippen molar-refractivity contribution >= 4 is 29.8 Å². The summed E-state index contributed by atoms with van der Waals surface area (Å²) in [7, 11) is 1.15. The second-order valence-electron chi connectivity index (χ2n) is 6.32. The highest BCUT2D eigenvalue weighted by molar-refractivity contribution is 8.13. The zero-order valence-electron chi connectivity index (χ0n) is 15.5. The van der Waals surface area contributed by atoms with E-state index in [0.29, 0.717) is 11.6 Å². The first kappa shape index (κ1) is 22.6. The lowest BCUT2D eigenvalue weighted by Crippen LogP contribution is -2.16. The van der Waals surface area contributed by atoms with E-state index in [1.165, 1.54) is 21.5 Å². The minimum atomic E-state index is -3.67. The van der Waals surface area contributed by atoms with Gasteiger partial charge in [0.1, 0.15) is 11.6 Å². The highest BCUT2D eigenvalue weighted by atomic mass is 35.7. The number of primary sulfonamides is 1. The fourth-order valence-electron chi connectivity index (χ4n) is 2.38. The number of aromatic nitrogens is 4. The summed E-state index contributed by atoms with van der Waals surface area (Å²) in [4.78, 5) is 7.97. The molecule has 0 atom stereocenters. The molecule has 0 aliphatic carbocycles. The Kier molecular flexibility index (Phi) is 7.02. The average Bonchev–Trinajstić information content (AvgIpc) is 3.01. The van der Waals surface area contributed by atoms with Crippen molar-refractivity contribution in [2.45, 2.75) is 49.6 Å². The predicted octanol–water partition coefficient (Wildman–Crippen LogP) is 1.66. The van der Waals surface area contributed by atoms with Gasteiger partial charge in [-0.3, -0.25) is 0 Å². The highest BCUT2D eigenvalue weighted by Crippen LogP contribution is 2.19. The maximum absolute atomic E-state index is 11.0. The molecule has 26 heavy (non-hydrogen) atoms. The first-order valence-corrected chi connectivity index (χ1v) is 11.5. The van der Waals surface area contributed by atoms with Gasteiger partial charge in [-0.2, -0.15) is 0 Å². The Labute approximate surface area is 158 Å². The van der Waals surface area contributed by atoms with Crippen molar-refractivity contribution in [1.29, 1.82) is 0 Å². The smallest absolute Gasteiger partial charge is 0.278 e. The largest absolute Gasteiger partial charge is 0.321 e. The van der Waals surface area contributed by atoms with Crippen molar-refractivity contribution in [3.05, 3.63) is 24.0 Å². The Balaban J connectivity index is 0.000000260. The molecule has 148 valence electrons. The van der Waals surface area contributed by atoms with Gasteiger partial charge in [0.15, 0.2) is 10.1 Å². The molecule has 0 amide bonds. The van der Waals surface area contributed by atoms with Crippen LogP contribution in [0.25, 0.3) is 0 Å². The molecular weight excluding hydrogens is 402 g/mol. The SMILES string of the molecule is CC(C)c1ncc(S(=O)(=O)Cl)n1C.CC(C)c1ncc(S(N)(=O)=O)n1C. The van der Waals surface area contributed by atoms with Crippen molar-refractivity contribution in [3.63, 3.8) is 0 Å². The lowest BCUT2D eigenvalue weighted by atomic mass is 10.2. The standard InChI is InChI=1S/C7H11ClN2O2S.C7H13N3O2S/c2*1-5(2)7-9-4-6(10(7)3)13(8,11)12/h4-5H,1-3H3;4-5H,1-3H3,(H2,8,11,12). The summed E-state index contributed by atoms with van der Waals surface area (Å²) < 4.78 is 47.0. The fraction of sp³-hybridized carbons (Fsp3) is 0.571. The first-order valence-electron chi connectivity index (χ1n) is 7.68. The molecular formula is C14H24ClN5O4S2. The van der Waals surface area contributed by atoms with Crippen molar-refractivity contribution in [2.24, 2.45) is 19.2 Å². The molecule has 2 N–H and O–H groups in total. The Bertz CT molecular complexity index is 895. The summed E-state index contributed by atoms with van der Waals surface area (Å²) in [6.07, 6.45) is 2.56.